The molecule has 0 bridgehead atoms. The Hall–Kier alpha value is -1.09. The molecule has 2 fully saturated rings. The van der Waals surface area contributed by atoms with Gasteiger partial charge in [0.1, 0.15) is 0 Å². The Kier molecular flexibility index (Phi) is 3.73. The molecule has 2 nitrogen and oxygen atoms in total. The molecule has 0 spiro atoms. The van der Waals surface area contributed by atoms with Crippen LogP contribution < -0.4 is 4.90 Å². The van der Waals surface area contributed by atoms with Gasteiger partial charge in [-0.1, -0.05) is 34.6 Å². The van der Waals surface area contributed by atoms with Gasteiger partial charge in [0, 0.05) is 18.8 Å². The van der Waals surface area contributed by atoms with Gasteiger partial charge in [-0.25, -0.2) is 4.98 Å². The molecule has 1 saturated carbocycles. The lowest BCUT2D eigenvalue weighted by Gasteiger charge is -2.27. The maximum absolute atomic E-state index is 4.35. The lowest BCUT2D eigenvalue weighted by Crippen LogP contribution is -2.27. The molecule has 2 atom stereocenters. The molecular formula is C18H26N2S. The summed E-state index contributed by atoms with van der Waals surface area (Å²) in [5.41, 5.74) is 4.94. The molecule has 21 heavy (non-hydrogen) atoms. The summed E-state index contributed by atoms with van der Waals surface area (Å²) in [5, 5.41) is 0. The van der Waals surface area contributed by atoms with Crippen LogP contribution in [0.25, 0.3) is 10.2 Å². The highest BCUT2D eigenvalue weighted by molar-refractivity contribution is 7.16. The van der Waals surface area contributed by atoms with Crippen LogP contribution in [0.1, 0.15) is 34.6 Å². The van der Waals surface area contributed by atoms with E-state index in [-0.39, 0.29) is 0 Å². The standard InChI is InChI=1S/C16H20N2S.C2H6/c1-16(2,3)15-11-7-18(8-12(11)15)10-4-5-13-14(6-10)19-9-17-13;1-2/h4-6,9,11-12,15H,7-8H2,1-3H3;1-2H3. The highest BCUT2D eigenvalue weighted by atomic mass is 32.1. The first-order chi connectivity index (χ1) is 10.0. The van der Waals surface area contributed by atoms with E-state index < -0.39 is 0 Å². The molecule has 1 saturated heterocycles. The lowest BCUT2D eigenvalue weighted by molar-refractivity contribution is 0.309. The molecular weight excluding hydrogens is 276 g/mol. The van der Waals surface area contributed by atoms with Crippen LogP contribution in [0.2, 0.25) is 0 Å². The van der Waals surface area contributed by atoms with Crippen molar-refractivity contribution in [3.8, 4) is 0 Å². The van der Waals surface area contributed by atoms with Crippen LogP contribution in [0, 0.1) is 23.2 Å². The second-order valence-corrected chi connectivity index (χ2v) is 8.02. The predicted octanol–water partition coefficient (Wildman–Crippen LogP) is 5.05. The van der Waals surface area contributed by atoms with E-state index in [4.69, 9.17) is 0 Å². The van der Waals surface area contributed by atoms with Gasteiger partial charge in [0.05, 0.1) is 15.7 Å². The van der Waals surface area contributed by atoms with Gasteiger partial charge >= 0.3 is 0 Å². The number of thiazole rings is 1. The summed E-state index contributed by atoms with van der Waals surface area (Å²) in [5.74, 6) is 2.80. The zero-order valence-corrected chi connectivity index (χ0v) is 14.6. The second-order valence-electron chi connectivity index (χ2n) is 7.13. The van der Waals surface area contributed by atoms with Gasteiger partial charge in [-0.05, 0) is 41.4 Å². The normalized spacial score (nSPS) is 27.3. The van der Waals surface area contributed by atoms with Gasteiger partial charge in [-0.2, -0.15) is 0 Å². The fraction of sp³-hybridized carbons (Fsp3) is 0.611. The van der Waals surface area contributed by atoms with Crippen molar-refractivity contribution in [2.24, 2.45) is 23.2 Å². The Bertz CT molecular complexity index is 613. The van der Waals surface area contributed by atoms with Crippen LogP contribution in [-0.4, -0.2) is 18.1 Å². The molecule has 0 amide bonds. The third-order valence-corrected chi connectivity index (χ3v) is 5.67. The first kappa shape index (κ1) is 14.8. The van der Waals surface area contributed by atoms with E-state index in [0.29, 0.717) is 5.41 Å². The zero-order valence-electron chi connectivity index (χ0n) is 13.8. The summed E-state index contributed by atoms with van der Waals surface area (Å²) >= 11 is 1.74. The van der Waals surface area contributed by atoms with E-state index in [0.717, 1.165) is 23.3 Å². The Labute approximate surface area is 132 Å². The zero-order chi connectivity index (χ0) is 15.2. The minimum absolute atomic E-state index is 0.489. The smallest absolute Gasteiger partial charge is 0.0813 e. The SMILES string of the molecule is CC.CC(C)(C)C1C2CN(c3ccc4ncsc4c3)CC21. The molecule has 0 N–H and O–H groups in total. The third-order valence-electron chi connectivity index (χ3n) is 4.87. The second kappa shape index (κ2) is 5.28. The molecule has 1 aromatic heterocycles. The number of benzene rings is 1. The van der Waals surface area contributed by atoms with Gasteiger partial charge in [-0.15, -0.1) is 11.3 Å². The Balaban J connectivity index is 0.000000636. The number of hydrogen-bond donors (Lipinski definition) is 0. The van der Waals surface area contributed by atoms with E-state index in [1.165, 1.54) is 23.5 Å². The first-order valence-corrected chi connectivity index (χ1v) is 9.00. The van der Waals surface area contributed by atoms with Crippen LogP contribution in [0.3, 0.4) is 0 Å². The van der Waals surface area contributed by atoms with Crippen LogP contribution in [0.5, 0.6) is 0 Å². The fourth-order valence-electron chi connectivity index (χ4n) is 4.06. The van der Waals surface area contributed by atoms with E-state index in [1.807, 2.05) is 19.4 Å². The quantitative estimate of drug-likeness (QED) is 0.732. The van der Waals surface area contributed by atoms with Crippen molar-refractivity contribution in [3.05, 3.63) is 23.7 Å². The largest absolute Gasteiger partial charge is 0.371 e. The molecule has 1 aliphatic heterocycles. The minimum atomic E-state index is 0.489. The fourth-order valence-corrected chi connectivity index (χ4v) is 4.77. The molecule has 0 radical (unpaired) electrons. The third kappa shape index (κ3) is 2.57. The van der Waals surface area contributed by atoms with E-state index in [1.54, 1.807) is 11.3 Å². The average Bonchev–Trinajstić information content (AvgIpc) is 2.84. The number of fused-ring (bicyclic) bond motifs is 2. The molecule has 2 aliphatic rings. The molecule has 4 rings (SSSR count). The van der Waals surface area contributed by atoms with Crippen LogP contribution in [0.15, 0.2) is 23.7 Å². The number of hydrogen-bond acceptors (Lipinski definition) is 3. The molecule has 1 aliphatic carbocycles. The highest BCUT2D eigenvalue weighted by Crippen LogP contribution is 2.60. The van der Waals surface area contributed by atoms with Crippen LogP contribution >= 0.6 is 11.3 Å². The molecule has 2 heterocycles. The average molecular weight is 302 g/mol. The summed E-state index contributed by atoms with van der Waals surface area (Å²) in [4.78, 5) is 6.92. The molecule has 1 aromatic carbocycles. The van der Waals surface area contributed by atoms with Crippen molar-refractivity contribution in [1.29, 1.82) is 0 Å². The van der Waals surface area contributed by atoms with Crippen molar-refractivity contribution < 1.29 is 0 Å². The maximum atomic E-state index is 4.35. The molecule has 114 valence electrons. The van der Waals surface area contributed by atoms with Gasteiger partial charge < -0.3 is 4.90 Å². The monoisotopic (exact) mass is 302 g/mol. The number of aromatic nitrogens is 1. The molecule has 3 heteroatoms. The Morgan fingerprint density at radius 2 is 1.81 bits per heavy atom. The lowest BCUT2D eigenvalue weighted by atomic mass is 9.87. The van der Waals surface area contributed by atoms with E-state index in [2.05, 4.69) is 48.9 Å². The number of anilines is 1. The number of nitrogens with zero attached hydrogens (tertiary/aromatic N) is 2. The Morgan fingerprint density at radius 3 is 2.43 bits per heavy atom. The highest BCUT2D eigenvalue weighted by Gasteiger charge is 2.59. The summed E-state index contributed by atoms with van der Waals surface area (Å²) < 4.78 is 1.31. The molecule has 2 unspecified atom stereocenters. The van der Waals surface area contributed by atoms with Crippen molar-refractivity contribution in [2.45, 2.75) is 34.6 Å². The van der Waals surface area contributed by atoms with Crippen molar-refractivity contribution in [3.63, 3.8) is 0 Å². The van der Waals surface area contributed by atoms with Crippen molar-refractivity contribution in [1.82, 2.24) is 4.98 Å². The van der Waals surface area contributed by atoms with Crippen molar-refractivity contribution >= 4 is 27.2 Å². The Morgan fingerprint density at radius 1 is 1.14 bits per heavy atom. The number of piperidine rings is 1. The van der Waals surface area contributed by atoms with Crippen LogP contribution in [-0.2, 0) is 0 Å². The number of rotatable bonds is 1. The topological polar surface area (TPSA) is 16.1 Å². The van der Waals surface area contributed by atoms with E-state index >= 15 is 0 Å². The maximum Gasteiger partial charge on any atom is 0.0813 e. The summed E-state index contributed by atoms with van der Waals surface area (Å²) in [7, 11) is 0. The van der Waals surface area contributed by atoms with Gasteiger partial charge in [-0.3, -0.25) is 0 Å². The minimum Gasteiger partial charge on any atom is -0.371 e. The predicted molar refractivity (Wildman–Crippen MR) is 93.1 cm³/mol. The van der Waals surface area contributed by atoms with Gasteiger partial charge in [0.15, 0.2) is 0 Å². The summed E-state index contributed by atoms with van der Waals surface area (Å²) in [6.45, 7) is 13.7. The summed E-state index contributed by atoms with van der Waals surface area (Å²) in [6.07, 6.45) is 0. The molecule has 2 aromatic rings. The van der Waals surface area contributed by atoms with E-state index in [9.17, 15) is 0 Å². The van der Waals surface area contributed by atoms with Gasteiger partial charge in [0.2, 0.25) is 0 Å². The van der Waals surface area contributed by atoms with Crippen LogP contribution in [0.4, 0.5) is 5.69 Å². The van der Waals surface area contributed by atoms with Crippen molar-refractivity contribution in [2.75, 3.05) is 18.0 Å². The first-order valence-electron chi connectivity index (χ1n) is 8.12. The van der Waals surface area contributed by atoms with Gasteiger partial charge in [0.25, 0.3) is 0 Å². The summed E-state index contributed by atoms with van der Waals surface area (Å²) in [6, 6.07) is 6.70.